The predicted molar refractivity (Wildman–Crippen MR) is 128 cm³/mol. The molecule has 2 aromatic heterocycles. The van der Waals surface area contributed by atoms with Crippen LogP contribution in [0.2, 0.25) is 0 Å². The smallest absolute Gasteiger partial charge is 0.387 e. The molecule has 0 spiro atoms. The Hall–Kier alpha value is -4.05. The normalized spacial score (nSPS) is 11.4. The minimum atomic E-state index is -2.93. The molecule has 7 nitrogen and oxygen atoms in total. The molecule has 0 N–H and O–H groups in total. The topological polar surface area (TPSA) is 78.5 Å². The van der Waals surface area contributed by atoms with Crippen LogP contribution in [0.4, 0.5) is 8.78 Å². The van der Waals surface area contributed by atoms with Gasteiger partial charge in [0.15, 0.2) is 10.9 Å². The summed E-state index contributed by atoms with van der Waals surface area (Å²) in [5, 5.41) is 9.51. The highest BCUT2D eigenvalue weighted by atomic mass is 32.2. The Balaban J connectivity index is 1.47. The minimum Gasteiger partial charge on any atom is -0.435 e. The molecular weight excluding hydrogens is 474 g/mol. The SMILES string of the molecule is O=C(CSc1nnc2n(Cc3ccccc3)c(=O)c3ccccc3n12)c1ccc(OC(F)F)cc1. The van der Waals surface area contributed by atoms with Gasteiger partial charge in [-0.15, -0.1) is 10.2 Å². The number of hydrogen-bond acceptors (Lipinski definition) is 6. The van der Waals surface area contributed by atoms with Gasteiger partial charge in [-0.1, -0.05) is 54.2 Å². The van der Waals surface area contributed by atoms with Gasteiger partial charge in [-0.2, -0.15) is 8.78 Å². The number of fused-ring (bicyclic) bond motifs is 3. The van der Waals surface area contributed by atoms with Crippen molar-refractivity contribution in [1.29, 1.82) is 0 Å². The Morgan fingerprint density at radius 2 is 1.66 bits per heavy atom. The van der Waals surface area contributed by atoms with Crippen LogP contribution in [0.15, 0.2) is 88.8 Å². The van der Waals surface area contributed by atoms with Crippen molar-refractivity contribution in [3.8, 4) is 5.75 Å². The number of Topliss-reactive ketones (excluding diaryl/α,β-unsaturated/α-hetero) is 1. The van der Waals surface area contributed by atoms with Gasteiger partial charge in [-0.25, -0.2) is 0 Å². The number of alkyl halides is 2. The second-order valence-corrected chi connectivity index (χ2v) is 8.57. The van der Waals surface area contributed by atoms with Crippen molar-refractivity contribution in [3.63, 3.8) is 0 Å². The molecule has 0 aliphatic rings. The summed E-state index contributed by atoms with van der Waals surface area (Å²) in [5.74, 6) is 0.191. The molecule has 0 saturated heterocycles. The van der Waals surface area contributed by atoms with Crippen LogP contribution in [-0.2, 0) is 6.54 Å². The van der Waals surface area contributed by atoms with E-state index in [4.69, 9.17) is 0 Å². The van der Waals surface area contributed by atoms with Crippen LogP contribution in [0.1, 0.15) is 15.9 Å². The van der Waals surface area contributed by atoms with Crippen LogP contribution in [-0.4, -0.2) is 37.3 Å². The van der Waals surface area contributed by atoms with E-state index in [9.17, 15) is 18.4 Å². The highest BCUT2D eigenvalue weighted by Gasteiger charge is 2.18. The maximum Gasteiger partial charge on any atom is 0.387 e. The van der Waals surface area contributed by atoms with E-state index in [1.807, 2.05) is 42.5 Å². The molecule has 0 bridgehead atoms. The van der Waals surface area contributed by atoms with Crippen molar-refractivity contribution in [2.75, 3.05) is 5.75 Å². The number of halogens is 2. The monoisotopic (exact) mass is 492 g/mol. The van der Waals surface area contributed by atoms with Gasteiger partial charge < -0.3 is 4.74 Å². The first kappa shape index (κ1) is 22.7. The number of rotatable bonds is 8. The summed E-state index contributed by atoms with van der Waals surface area (Å²) < 4.78 is 32.3. The van der Waals surface area contributed by atoms with Crippen molar-refractivity contribution >= 4 is 34.2 Å². The fourth-order valence-corrected chi connectivity index (χ4v) is 4.61. The lowest BCUT2D eigenvalue weighted by molar-refractivity contribution is -0.0498. The quantitative estimate of drug-likeness (QED) is 0.231. The van der Waals surface area contributed by atoms with Crippen LogP contribution in [0.3, 0.4) is 0 Å². The van der Waals surface area contributed by atoms with Crippen LogP contribution >= 0.6 is 11.8 Å². The van der Waals surface area contributed by atoms with Crippen LogP contribution in [0, 0.1) is 0 Å². The molecule has 5 rings (SSSR count). The molecule has 0 saturated carbocycles. The number of nitrogens with zero attached hydrogens (tertiary/aromatic N) is 4. The molecule has 2 heterocycles. The van der Waals surface area contributed by atoms with Crippen molar-refractivity contribution in [2.24, 2.45) is 0 Å². The Kier molecular flexibility index (Phi) is 6.28. The summed E-state index contributed by atoms with van der Waals surface area (Å²) in [6.45, 7) is -2.61. The van der Waals surface area contributed by atoms with E-state index in [2.05, 4.69) is 14.9 Å². The summed E-state index contributed by atoms with van der Waals surface area (Å²) in [4.78, 5) is 26.0. The van der Waals surface area contributed by atoms with E-state index < -0.39 is 6.61 Å². The molecule has 0 aliphatic carbocycles. The maximum absolute atomic E-state index is 13.3. The zero-order valence-electron chi connectivity index (χ0n) is 18.2. The lowest BCUT2D eigenvalue weighted by atomic mass is 10.1. The summed E-state index contributed by atoms with van der Waals surface area (Å²) in [5.41, 5.74) is 1.77. The molecule has 176 valence electrons. The van der Waals surface area contributed by atoms with E-state index in [1.165, 1.54) is 36.0 Å². The number of carbonyl (C=O) groups is 1. The zero-order chi connectivity index (χ0) is 24.4. The van der Waals surface area contributed by atoms with E-state index in [0.717, 1.165) is 5.56 Å². The van der Waals surface area contributed by atoms with E-state index >= 15 is 0 Å². The van der Waals surface area contributed by atoms with Gasteiger partial charge in [0.25, 0.3) is 5.56 Å². The fourth-order valence-electron chi connectivity index (χ4n) is 3.77. The van der Waals surface area contributed by atoms with Gasteiger partial charge in [-0.3, -0.25) is 18.6 Å². The number of ether oxygens (including phenoxy) is 1. The van der Waals surface area contributed by atoms with Gasteiger partial charge in [0.1, 0.15) is 5.75 Å². The Morgan fingerprint density at radius 1 is 0.943 bits per heavy atom. The average Bonchev–Trinajstić information content (AvgIpc) is 3.30. The number of benzene rings is 3. The minimum absolute atomic E-state index is 0.0180. The largest absolute Gasteiger partial charge is 0.435 e. The Labute approximate surface area is 202 Å². The van der Waals surface area contributed by atoms with E-state index in [-0.39, 0.29) is 22.8 Å². The molecule has 0 aliphatic heterocycles. The first-order valence-corrected chi connectivity index (χ1v) is 11.6. The van der Waals surface area contributed by atoms with Crippen LogP contribution < -0.4 is 10.3 Å². The number of para-hydroxylation sites is 1. The van der Waals surface area contributed by atoms with E-state index in [0.29, 0.717) is 33.9 Å². The van der Waals surface area contributed by atoms with Gasteiger partial charge in [0, 0.05) is 5.56 Å². The molecule has 10 heteroatoms. The third kappa shape index (κ3) is 4.65. The van der Waals surface area contributed by atoms with Gasteiger partial charge in [0.05, 0.1) is 23.2 Å². The fraction of sp³-hybridized carbons (Fsp3) is 0.120. The Bertz CT molecular complexity index is 1570. The molecular formula is C25H18F2N4O3S. The van der Waals surface area contributed by atoms with Gasteiger partial charge in [-0.05, 0) is 42.0 Å². The second-order valence-electron chi connectivity index (χ2n) is 7.63. The summed E-state index contributed by atoms with van der Waals surface area (Å²) in [7, 11) is 0. The standard InChI is InChI=1S/C25H18F2N4O3S/c26-23(27)34-18-12-10-17(11-13-18)21(32)15-35-25-29-28-24-30(14-16-6-2-1-3-7-16)22(33)19-8-4-5-9-20(19)31(24)25/h1-13,23H,14-15H2. The lowest BCUT2D eigenvalue weighted by Crippen LogP contribution is -2.24. The van der Waals surface area contributed by atoms with Crippen LogP contribution in [0.25, 0.3) is 16.7 Å². The first-order chi connectivity index (χ1) is 17.0. The maximum atomic E-state index is 13.3. The molecule has 0 unspecified atom stereocenters. The lowest BCUT2D eigenvalue weighted by Gasteiger charge is -2.11. The zero-order valence-corrected chi connectivity index (χ0v) is 19.0. The average molecular weight is 493 g/mol. The summed E-state index contributed by atoms with van der Waals surface area (Å²) in [6, 6.07) is 22.3. The molecule has 0 fully saturated rings. The molecule has 5 aromatic rings. The second kappa shape index (κ2) is 9.67. The van der Waals surface area contributed by atoms with Crippen molar-refractivity contribution in [2.45, 2.75) is 18.3 Å². The number of carbonyl (C=O) groups excluding carboxylic acids is 1. The third-order valence-corrected chi connectivity index (χ3v) is 6.32. The first-order valence-electron chi connectivity index (χ1n) is 10.6. The molecule has 0 atom stereocenters. The van der Waals surface area contributed by atoms with Crippen LogP contribution in [0.5, 0.6) is 5.75 Å². The highest BCUT2D eigenvalue weighted by molar-refractivity contribution is 7.99. The van der Waals surface area contributed by atoms with Crippen molar-refractivity contribution < 1.29 is 18.3 Å². The number of aromatic nitrogens is 4. The predicted octanol–water partition coefficient (Wildman–Crippen LogP) is 4.67. The number of hydrogen-bond donors (Lipinski definition) is 0. The molecule has 3 aromatic carbocycles. The third-order valence-electron chi connectivity index (χ3n) is 5.40. The number of thioether (sulfide) groups is 1. The Morgan fingerprint density at radius 3 is 2.40 bits per heavy atom. The van der Waals surface area contributed by atoms with Crippen molar-refractivity contribution in [1.82, 2.24) is 19.2 Å². The highest BCUT2D eigenvalue weighted by Crippen LogP contribution is 2.23. The molecule has 0 amide bonds. The molecule has 0 radical (unpaired) electrons. The van der Waals surface area contributed by atoms with Gasteiger partial charge in [0.2, 0.25) is 5.78 Å². The summed E-state index contributed by atoms with van der Waals surface area (Å²) >= 11 is 1.18. The van der Waals surface area contributed by atoms with Gasteiger partial charge >= 0.3 is 6.61 Å². The van der Waals surface area contributed by atoms with E-state index in [1.54, 1.807) is 21.1 Å². The van der Waals surface area contributed by atoms with Crippen molar-refractivity contribution in [3.05, 3.63) is 100 Å². The summed E-state index contributed by atoms with van der Waals surface area (Å²) in [6.07, 6.45) is 0. The number of ketones is 1. The molecule has 35 heavy (non-hydrogen) atoms.